The van der Waals surface area contributed by atoms with Crippen LogP contribution in [-0.4, -0.2) is 28.6 Å². The molecule has 17 heavy (non-hydrogen) atoms. The Morgan fingerprint density at radius 1 is 1.53 bits per heavy atom. The normalized spacial score (nSPS) is 23.6. The van der Waals surface area contributed by atoms with Crippen LogP contribution < -0.4 is 28.5 Å². The monoisotopic (exact) mass is 349 g/mol. The predicted octanol–water partition coefficient (Wildman–Crippen LogP) is -1.59. The van der Waals surface area contributed by atoms with Crippen molar-refractivity contribution >= 4 is 6.03 Å². The third-order valence-corrected chi connectivity index (χ3v) is 3.67. The van der Waals surface area contributed by atoms with Crippen LogP contribution in [0.15, 0.2) is 18.7 Å². The first-order valence-corrected chi connectivity index (χ1v) is 5.86. The van der Waals surface area contributed by atoms with Crippen LogP contribution in [0, 0.1) is 5.41 Å². The highest BCUT2D eigenvalue weighted by Crippen LogP contribution is 2.33. The summed E-state index contributed by atoms with van der Waals surface area (Å²) >= 11 is 0. The molecule has 1 aliphatic rings. The first-order chi connectivity index (χ1) is 7.54. The summed E-state index contributed by atoms with van der Waals surface area (Å²) in [5.41, 5.74) is 0.311. The predicted molar refractivity (Wildman–Crippen MR) is 61.0 cm³/mol. The van der Waals surface area contributed by atoms with Gasteiger partial charge in [-0.05, 0) is 18.3 Å². The van der Waals surface area contributed by atoms with Gasteiger partial charge in [-0.1, -0.05) is 13.8 Å². The number of carbonyl (C=O) groups is 1. The standard InChI is InChI=1S/C12H20N3O.HI/c1-4-12(2)5-6-14(9-12)11(16)15-8-7-13(3)10-15;/h7-8,10H,4-6,9H2,1-3H3;1H/q+1;/p-1. The molecule has 0 aromatic carbocycles. The van der Waals surface area contributed by atoms with Crippen LogP contribution in [0.4, 0.5) is 4.79 Å². The molecular weight excluding hydrogens is 329 g/mol. The molecule has 1 aliphatic heterocycles. The summed E-state index contributed by atoms with van der Waals surface area (Å²) in [5.74, 6) is 0. The maximum Gasteiger partial charge on any atom is 0.415 e. The summed E-state index contributed by atoms with van der Waals surface area (Å²) in [6.07, 6.45) is 7.75. The van der Waals surface area contributed by atoms with E-state index in [0.29, 0.717) is 5.41 Å². The van der Waals surface area contributed by atoms with Crippen LogP contribution >= 0.6 is 0 Å². The van der Waals surface area contributed by atoms with Gasteiger partial charge in [-0.2, -0.15) is 4.57 Å². The van der Waals surface area contributed by atoms with Crippen molar-refractivity contribution in [3.05, 3.63) is 18.7 Å². The van der Waals surface area contributed by atoms with Crippen LogP contribution in [-0.2, 0) is 7.05 Å². The molecule has 0 bridgehead atoms. The van der Waals surface area contributed by atoms with Gasteiger partial charge >= 0.3 is 6.03 Å². The maximum atomic E-state index is 12.1. The third-order valence-electron chi connectivity index (χ3n) is 3.67. The summed E-state index contributed by atoms with van der Waals surface area (Å²) in [5, 5.41) is 0. The van der Waals surface area contributed by atoms with Gasteiger partial charge < -0.3 is 28.9 Å². The molecule has 1 unspecified atom stereocenters. The lowest BCUT2D eigenvalue weighted by atomic mass is 9.87. The number of amides is 1. The molecule has 1 amide bonds. The van der Waals surface area contributed by atoms with Crippen molar-refractivity contribution in [2.75, 3.05) is 13.1 Å². The Kier molecular flexibility index (Phi) is 4.57. The molecule has 0 spiro atoms. The Hall–Kier alpha value is -0.590. The summed E-state index contributed by atoms with van der Waals surface area (Å²) in [6, 6.07) is 0.0952. The first-order valence-electron chi connectivity index (χ1n) is 5.86. The first kappa shape index (κ1) is 14.5. The number of imidazole rings is 1. The van der Waals surface area contributed by atoms with Crippen LogP contribution in [0.5, 0.6) is 0 Å². The van der Waals surface area contributed by atoms with Gasteiger partial charge in [0.25, 0.3) is 6.33 Å². The lowest BCUT2D eigenvalue weighted by Gasteiger charge is -2.21. The highest BCUT2D eigenvalue weighted by atomic mass is 127. The molecule has 4 nitrogen and oxygen atoms in total. The summed E-state index contributed by atoms with van der Waals surface area (Å²) in [7, 11) is 1.92. The molecule has 2 heterocycles. The van der Waals surface area contributed by atoms with Gasteiger partial charge in [-0.3, -0.25) is 0 Å². The molecule has 1 fully saturated rings. The van der Waals surface area contributed by atoms with Gasteiger partial charge in [0.05, 0.1) is 7.05 Å². The topological polar surface area (TPSA) is 29.1 Å². The quantitative estimate of drug-likeness (QED) is 0.444. The molecule has 0 aliphatic carbocycles. The van der Waals surface area contributed by atoms with Crippen LogP contribution in [0.1, 0.15) is 26.7 Å². The van der Waals surface area contributed by atoms with E-state index in [1.807, 2.05) is 35.2 Å². The highest BCUT2D eigenvalue weighted by molar-refractivity contribution is 5.76. The molecular formula is C12H20IN3O. The zero-order valence-corrected chi connectivity index (χ0v) is 12.8. The average Bonchev–Trinajstić information content (AvgIpc) is 2.85. The van der Waals surface area contributed by atoms with Crippen LogP contribution in [0.25, 0.3) is 0 Å². The highest BCUT2D eigenvalue weighted by Gasteiger charge is 2.36. The van der Waals surface area contributed by atoms with Crippen LogP contribution in [0.3, 0.4) is 0 Å². The van der Waals surface area contributed by atoms with Crippen molar-refractivity contribution < 1.29 is 33.3 Å². The van der Waals surface area contributed by atoms with Crippen molar-refractivity contribution in [2.45, 2.75) is 26.7 Å². The zero-order chi connectivity index (χ0) is 11.8. The Bertz CT molecular complexity index is 404. The van der Waals surface area contributed by atoms with Crippen molar-refractivity contribution in [3.8, 4) is 0 Å². The molecule has 96 valence electrons. The van der Waals surface area contributed by atoms with Crippen molar-refractivity contribution in [1.82, 2.24) is 9.47 Å². The minimum Gasteiger partial charge on any atom is -1.00 e. The molecule has 2 rings (SSSR count). The smallest absolute Gasteiger partial charge is 0.415 e. The largest absolute Gasteiger partial charge is 1.00 e. The van der Waals surface area contributed by atoms with E-state index < -0.39 is 0 Å². The number of hydrogen-bond acceptors (Lipinski definition) is 1. The van der Waals surface area contributed by atoms with E-state index in [1.165, 1.54) is 0 Å². The summed E-state index contributed by atoms with van der Waals surface area (Å²) in [6.45, 7) is 6.22. The second kappa shape index (κ2) is 5.37. The number of halogens is 1. The Labute approximate surface area is 120 Å². The number of aryl methyl sites for hydroxylation is 1. The van der Waals surface area contributed by atoms with E-state index in [4.69, 9.17) is 0 Å². The second-order valence-electron chi connectivity index (χ2n) is 5.10. The van der Waals surface area contributed by atoms with E-state index in [-0.39, 0.29) is 30.0 Å². The van der Waals surface area contributed by atoms with E-state index >= 15 is 0 Å². The Balaban J connectivity index is 0.00000144. The fourth-order valence-electron chi connectivity index (χ4n) is 2.20. The van der Waals surface area contributed by atoms with E-state index in [0.717, 1.165) is 25.9 Å². The summed E-state index contributed by atoms with van der Waals surface area (Å²) in [4.78, 5) is 14.1. The Morgan fingerprint density at radius 2 is 2.24 bits per heavy atom. The molecule has 1 aromatic rings. The van der Waals surface area contributed by atoms with Crippen LogP contribution in [0.2, 0.25) is 0 Å². The minimum absolute atomic E-state index is 0. The minimum atomic E-state index is 0. The van der Waals surface area contributed by atoms with Crippen molar-refractivity contribution in [1.29, 1.82) is 0 Å². The molecule has 1 aromatic heterocycles. The number of hydrogen-bond donors (Lipinski definition) is 0. The fraction of sp³-hybridized carbons (Fsp3) is 0.667. The Morgan fingerprint density at radius 3 is 2.71 bits per heavy atom. The number of nitrogens with zero attached hydrogens (tertiary/aromatic N) is 3. The molecule has 0 radical (unpaired) electrons. The maximum absolute atomic E-state index is 12.1. The zero-order valence-electron chi connectivity index (χ0n) is 10.7. The summed E-state index contributed by atoms with van der Waals surface area (Å²) < 4.78 is 3.54. The van der Waals surface area contributed by atoms with Gasteiger partial charge in [-0.15, -0.1) is 0 Å². The lowest BCUT2D eigenvalue weighted by Crippen LogP contribution is -3.00. The van der Waals surface area contributed by atoms with Crippen molar-refractivity contribution in [2.24, 2.45) is 12.5 Å². The number of carbonyl (C=O) groups excluding carboxylic acids is 1. The molecule has 1 saturated heterocycles. The lowest BCUT2D eigenvalue weighted by molar-refractivity contribution is -0.670. The number of likely N-dealkylation sites (tertiary alicyclic amines) is 1. The van der Waals surface area contributed by atoms with E-state index in [1.54, 1.807) is 4.57 Å². The van der Waals surface area contributed by atoms with Crippen molar-refractivity contribution in [3.63, 3.8) is 0 Å². The molecule has 5 heteroatoms. The van der Waals surface area contributed by atoms with E-state index in [9.17, 15) is 4.79 Å². The van der Waals surface area contributed by atoms with Gasteiger partial charge in [0, 0.05) is 13.1 Å². The fourth-order valence-corrected chi connectivity index (χ4v) is 2.20. The van der Waals surface area contributed by atoms with E-state index in [2.05, 4.69) is 13.8 Å². The molecule has 0 N–H and O–H groups in total. The van der Waals surface area contributed by atoms with Gasteiger partial charge in [0.2, 0.25) is 0 Å². The number of rotatable bonds is 1. The SMILES string of the molecule is CCC1(C)CCN(C(=O)n2cc[n+](C)c2)C1.[I-]. The second-order valence-corrected chi connectivity index (χ2v) is 5.10. The van der Waals surface area contributed by atoms with Gasteiger partial charge in [0.15, 0.2) is 0 Å². The third kappa shape index (κ3) is 3.00. The van der Waals surface area contributed by atoms with Gasteiger partial charge in [0.1, 0.15) is 12.4 Å². The number of aromatic nitrogens is 2. The molecule has 1 atom stereocenters. The average molecular weight is 349 g/mol. The van der Waals surface area contributed by atoms with Gasteiger partial charge in [-0.25, -0.2) is 9.36 Å². The molecule has 0 saturated carbocycles.